The topological polar surface area (TPSA) is 56.1 Å². The van der Waals surface area contributed by atoms with Gasteiger partial charge in [0.1, 0.15) is 13.2 Å². The lowest BCUT2D eigenvalue weighted by atomic mass is 10.1. The van der Waals surface area contributed by atoms with Crippen LogP contribution in [-0.4, -0.2) is 51.3 Å². The molecule has 0 radical (unpaired) electrons. The van der Waals surface area contributed by atoms with E-state index in [2.05, 4.69) is 21.0 Å². The number of carbonyl (C=O) groups excluding carboxylic acids is 1. The molecule has 2 aromatic carbocycles. The highest BCUT2D eigenvalue weighted by molar-refractivity contribution is 7.22. The van der Waals surface area contributed by atoms with E-state index in [0.717, 1.165) is 28.1 Å². The quantitative estimate of drug-likeness (QED) is 0.700. The van der Waals surface area contributed by atoms with Gasteiger partial charge in [0.25, 0.3) is 5.91 Å². The molecule has 0 unspecified atom stereocenters. The standard InChI is InChI=1S/C22H25N3O3S/c1-14-5-6-16(11-15(14)2)21(26)25(8-7-24(3)4)22-23-17-12-18-19(13-20(17)29-22)28-10-9-27-18/h5-6,11-13H,7-10H2,1-4H3/p+1. The number of hydrogen-bond acceptors (Lipinski definition) is 5. The smallest absolute Gasteiger partial charge is 0.260 e. The first kappa shape index (κ1) is 19.7. The van der Waals surface area contributed by atoms with Crippen LogP contribution in [0.3, 0.4) is 0 Å². The third-order valence-corrected chi connectivity index (χ3v) is 6.15. The van der Waals surface area contributed by atoms with E-state index in [-0.39, 0.29) is 5.91 Å². The maximum atomic E-state index is 13.4. The SMILES string of the molecule is Cc1ccc(C(=O)N(CC[NH+](C)C)c2nc3cc4c(cc3s2)OCCO4)cc1C. The molecule has 0 saturated heterocycles. The van der Waals surface area contributed by atoms with Crippen LogP contribution in [0.15, 0.2) is 30.3 Å². The summed E-state index contributed by atoms with van der Waals surface area (Å²) in [6.07, 6.45) is 0. The van der Waals surface area contributed by atoms with Crippen LogP contribution < -0.4 is 19.3 Å². The van der Waals surface area contributed by atoms with E-state index in [9.17, 15) is 4.79 Å². The summed E-state index contributed by atoms with van der Waals surface area (Å²) in [6.45, 7) is 6.60. The highest BCUT2D eigenvalue weighted by Gasteiger charge is 2.24. The molecule has 3 aromatic rings. The number of fused-ring (bicyclic) bond motifs is 2. The Morgan fingerprint density at radius 2 is 1.83 bits per heavy atom. The molecule has 6 nitrogen and oxygen atoms in total. The lowest BCUT2D eigenvalue weighted by Crippen LogP contribution is -3.06. The summed E-state index contributed by atoms with van der Waals surface area (Å²) in [7, 11) is 4.17. The molecule has 1 aliphatic heterocycles. The Morgan fingerprint density at radius 3 is 2.52 bits per heavy atom. The molecule has 1 amide bonds. The summed E-state index contributed by atoms with van der Waals surface area (Å²) in [5, 5.41) is 0.701. The Hall–Kier alpha value is -2.64. The molecule has 0 atom stereocenters. The number of aromatic nitrogens is 1. The van der Waals surface area contributed by atoms with Gasteiger partial charge in [-0.25, -0.2) is 4.98 Å². The number of nitrogens with one attached hydrogen (secondary N) is 1. The fraction of sp³-hybridized carbons (Fsp3) is 0.364. The van der Waals surface area contributed by atoms with Gasteiger partial charge in [0.05, 0.1) is 37.4 Å². The molecule has 2 heterocycles. The molecule has 0 bridgehead atoms. The van der Waals surface area contributed by atoms with Crippen LogP contribution in [0.5, 0.6) is 11.5 Å². The van der Waals surface area contributed by atoms with Gasteiger partial charge in [0.2, 0.25) is 0 Å². The Labute approximate surface area is 174 Å². The highest BCUT2D eigenvalue weighted by Crippen LogP contribution is 2.39. The van der Waals surface area contributed by atoms with Gasteiger partial charge in [0.15, 0.2) is 16.6 Å². The van der Waals surface area contributed by atoms with E-state index in [1.54, 1.807) is 4.90 Å². The average Bonchev–Trinajstić information content (AvgIpc) is 3.10. The number of quaternary nitrogens is 1. The minimum atomic E-state index is -0.0225. The number of likely N-dealkylation sites (N-methyl/N-ethyl adjacent to an activating group) is 1. The zero-order valence-corrected chi connectivity index (χ0v) is 18.1. The summed E-state index contributed by atoms with van der Waals surface area (Å²) < 4.78 is 12.4. The first-order chi connectivity index (χ1) is 13.9. The Kier molecular flexibility index (Phi) is 5.43. The number of aryl methyl sites for hydroxylation is 2. The predicted molar refractivity (Wildman–Crippen MR) is 116 cm³/mol. The van der Waals surface area contributed by atoms with Crippen molar-refractivity contribution >= 4 is 32.6 Å². The van der Waals surface area contributed by atoms with Gasteiger partial charge in [-0.3, -0.25) is 9.69 Å². The van der Waals surface area contributed by atoms with Crippen LogP contribution in [0.1, 0.15) is 21.5 Å². The van der Waals surface area contributed by atoms with E-state index in [1.807, 2.05) is 37.3 Å². The van der Waals surface area contributed by atoms with Crippen LogP contribution in [0, 0.1) is 13.8 Å². The first-order valence-corrected chi connectivity index (χ1v) is 10.6. The van der Waals surface area contributed by atoms with Crippen LogP contribution in [0.2, 0.25) is 0 Å². The Bertz CT molecular complexity index is 1020. The van der Waals surface area contributed by atoms with E-state index < -0.39 is 0 Å². The van der Waals surface area contributed by atoms with Gasteiger partial charge in [0, 0.05) is 17.7 Å². The number of ether oxygens (including phenoxy) is 2. The lowest BCUT2D eigenvalue weighted by Gasteiger charge is -2.21. The van der Waals surface area contributed by atoms with Crippen molar-refractivity contribution in [1.29, 1.82) is 0 Å². The molecule has 0 fully saturated rings. The van der Waals surface area contributed by atoms with Crippen molar-refractivity contribution in [3.63, 3.8) is 0 Å². The Balaban J connectivity index is 1.72. The van der Waals surface area contributed by atoms with E-state index in [1.165, 1.54) is 21.8 Å². The number of carbonyl (C=O) groups is 1. The molecule has 152 valence electrons. The molecule has 1 N–H and O–H groups in total. The van der Waals surface area contributed by atoms with Crippen molar-refractivity contribution < 1.29 is 19.2 Å². The third-order valence-electron chi connectivity index (χ3n) is 5.11. The summed E-state index contributed by atoms with van der Waals surface area (Å²) in [4.78, 5) is 21.2. The normalized spacial score (nSPS) is 13.1. The van der Waals surface area contributed by atoms with Crippen LogP contribution in [0.25, 0.3) is 10.2 Å². The maximum Gasteiger partial charge on any atom is 0.260 e. The molecule has 4 rings (SSSR count). The number of anilines is 1. The molecule has 0 saturated carbocycles. The minimum absolute atomic E-state index is 0.0225. The zero-order chi connectivity index (χ0) is 20.5. The molecular weight excluding hydrogens is 386 g/mol. The number of hydrogen-bond donors (Lipinski definition) is 1. The monoisotopic (exact) mass is 412 g/mol. The van der Waals surface area contributed by atoms with Crippen molar-refractivity contribution in [1.82, 2.24) is 4.98 Å². The van der Waals surface area contributed by atoms with Gasteiger partial charge in [-0.1, -0.05) is 17.4 Å². The van der Waals surface area contributed by atoms with Gasteiger partial charge in [-0.15, -0.1) is 0 Å². The first-order valence-electron chi connectivity index (χ1n) is 9.80. The zero-order valence-electron chi connectivity index (χ0n) is 17.2. The van der Waals surface area contributed by atoms with Crippen LogP contribution in [-0.2, 0) is 0 Å². The van der Waals surface area contributed by atoms with Crippen LogP contribution in [0.4, 0.5) is 5.13 Å². The molecule has 1 aliphatic rings. The van der Waals surface area contributed by atoms with Gasteiger partial charge >= 0.3 is 0 Å². The fourth-order valence-corrected chi connectivity index (χ4v) is 4.22. The minimum Gasteiger partial charge on any atom is -0.486 e. The van der Waals surface area contributed by atoms with Crippen LogP contribution >= 0.6 is 11.3 Å². The fourth-order valence-electron chi connectivity index (χ4n) is 3.22. The van der Waals surface area contributed by atoms with Gasteiger partial charge in [-0.2, -0.15) is 0 Å². The molecule has 7 heteroatoms. The van der Waals surface area contributed by atoms with Crippen molar-refractivity contribution in [2.45, 2.75) is 13.8 Å². The van der Waals surface area contributed by atoms with E-state index in [4.69, 9.17) is 14.5 Å². The largest absolute Gasteiger partial charge is 0.486 e. The van der Waals surface area contributed by atoms with Crippen molar-refractivity contribution in [2.24, 2.45) is 0 Å². The number of benzene rings is 2. The second kappa shape index (κ2) is 8.00. The summed E-state index contributed by atoms with van der Waals surface area (Å²) >= 11 is 1.51. The van der Waals surface area contributed by atoms with E-state index in [0.29, 0.717) is 36.2 Å². The van der Waals surface area contributed by atoms with Crippen molar-refractivity contribution in [2.75, 3.05) is 45.3 Å². The second-order valence-corrected chi connectivity index (χ2v) is 8.68. The van der Waals surface area contributed by atoms with Gasteiger partial charge < -0.3 is 14.4 Å². The highest BCUT2D eigenvalue weighted by atomic mass is 32.1. The van der Waals surface area contributed by atoms with E-state index >= 15 is 0 Å². The Morgan fingerprint density at radius 1 is 1.10 bits per heavy atom. The number of thiazole rings is 1. The lowest BCUT2D eigenvalue weighted by molar-refractivity contribution is -0.856. The molecule has 1 aromatic heterocycles. The third kappa shape index (κ3) is 4.06. The number of amides is 1. The predicted octanol–water partition coefficient (Wildman–Crippen LogP) is 2.48. The average molecular weight is 413 g/mol. The van der Waals surface area contributed by atoms with Gasteiger partial charge in [-0.05, 0) is 37.1 Å². The van der Waals surface area contributed by atoms with Crippen molar-refractivity contribution in [3.05, 3.63) is 47.0 Å². The molecule has 29 heavy (non-hydrogen) atoms. The molecule has 0 spiro atoms. The number of rotatable bonds is 5. The summed E-state index contributed by atoms with van der Waals surface area (Å²) in [5.74, 6) is 1.43. The summed E-state index contributed by atoms with van der Waals surface area (Å²) in [6, 6.07) is 9.72. The molecular formula is C22H26N3O3S+. The second-order valence-electron chi connectivity index (χ2n) is 7.67. The van der Waals surface area contributed by atoms with Crippen molar-refractivity contribution in [3.8, 4) is 11.5 Å². The maximum absolute atomic E-state index is 13.4. The summed E-state index contributed by atoms with van der Waals surface area (Å²) in [5.41, 5.74) is 3.80. The molecule has 0 aliphatic carbocycles. The number of nitrogens with zero attached hydrogens (tertiary/aromatic N) is 2.